The van der Waals surface area contributed by atoms with Crippen molar-refractivity contribution in [3.8, 4) is 11.5 Å². The first-order valence-corrected chi connectivity index (χ1v) is 8.08. The number of nitrogens with one attached hydrogen (secondary N) is 1. The van der Waals surface area contributed by atoms with Gasteiger partial charge in [0.2, 0.25) is 5.76 Å². The van der Waals surface area contributed by atoms with E-state index in [0.29, 0.717) is 11.5 Å². The molecular weight excluding hydrogens is 330 g/mol. The topological polar surface area (TPSA) is 81.2 Å². The number of amides is 1. The fourth-order valence-electron chi connectivity index (χ4n) is 2.64. The molecule has 0 spiro atoms. The second-order valence-electron chi connectivity index (χ2n) is 5.63. The number of hydrogen-bond donors (Lipinski definition) is 1. The van der Waals surface area contributed by atoms with Gasteiger partial charge in [0.1, 0.15) is 0 Å². The van der Waals surface area contributed by atoms with Crippen LogP contribution >= 0.6 is 0 Å². The van der Waals surface area contributed by atoms with Gasteiger partial charge in [-0.1, -0.05) is 41.6 Å². The Balaban J connectivity index is 1.61. The molecule has 4 rings (SSSR count). The summed E-state index contributed by atoms with van der Waals surface area (Å²) in [5.74, 6) is 0.557. The number of furan rings is 1. The van der Waals surface area contributed by atoms with Crippen LogP contribution in [0.3, 0.4) is 0 Å². The zero-order chi connectivity index (χ0) is 17.8. The van der Waals surface area contributed by atoms with Crippen molar-refractivity contribution >= 4 is 5.91 Å². The summed E-state index contributed by atoms with van der Waals surface area (Å²) in [4.78, 5) is 17.1. The van der Waals surface area contributed by atoms with Crippen LogP contribution in [-0.4, -0.2) is 16.0 Å². The number of carbonyl (C=O) groups is 1. The molecule has 0 bridgehead atoms. The van der Waals surface area contributed by atoms with E-state index >= 15 is 0 Å². The summed E-state index contributed by atoms with van der Waals surface area (Å²) in [5.41, 5.74) is 1.84. The molecule has 6 heteroatoms. The van der Waals surface area contributed by atoms with Gasteiger partial charge in [-0.15, -0.1) is 0 Å². The first-order valence-electron chi connectivity index (χ1n) is 8.08. The van der Waals surface area contributed by atoms with Crippen LogP contribution in [0.5, 0.6) is 0 Å². The summed E-state index contributed by atoms with van der Waals surface area (Å²) in [5, 5.41) is 6.81. The molecule has 0 fully saturated rings. The highest BCUT2D eigenvalue weighted by molar-refractivity contribution is 5.93. The first kappa shape index (κ1) is 15.8. The Labute approximate surface area is 149 Å². The van der Waals surface area contributed by atoms with E-state index in [9.17, 15) is 4.79 Å². The van der Waals surface area contributed by atoms with Gasteiger partial charge in [0, 0.05) is 12.3 Å². The first-order chi connectivity index (χ1) is 12.8. The van der Waals surface area contributed by atoms with E-state index in [2.05, 4.69) is 15.5 Å². The molecule has 0 unspecified atom stereocenters. The number of aromatic nitrogens is 2. The molecule has 3 aromatic heterocycles. The quantitative estimate of drug-likeness (QED) is 0.594. The fourth-order valence-corrected chi connectivity index (χ4v) is 2.64. The van der Waals surface area contributed by atoms with Crippen molar-refractivity contribution in [1.82, 2.24) is 15.5 Å². The van der Waals surface area contributed by atoms with Crippen molar-refractivity contribution in [2.45, 2.75) is 6.04 Å². The van der Waals surface area contributed by atoms with Crippen molar-refractivity contribution in [2.75, 3.05) is 0 Å². The Morgan fingerprint density at radius 3 is 2.54 bits per heavy atom. The maximum Gasteiger partial charge on any atom is 0.274 e. The molecule has 0 aliphatic rings. The molecule has 1 N–H and O–H groups in total. The molecule has 1 amide bonds. The van der Waals surface area contributed by atoms with Gasteiger partial charge < -0.3 is 14.3 Å². The summed E-state index contributed by atoms with van der Waals surface area (Å²) in [6, 6.07) is 19.9. The van der Waals surface area contributed by atoms with Gasteiger partial charge in [0.15, 0.2) is 11.5 Å². The molecular formula is C20H15N3O3. The third-order valence-electron chi connectivity index (χ3n) is 3.90. The zero-order valence-corrected chi connectivity index (χ0v) is 13.7. The molecule has 0 saturated heterocycles. The molecule has 0 radical (unpaired) electrons. The second kappa shape index (κ2) is 7.06. The smallest absolute Gasteiger partial charge is 0.274 e. The summed E-state index contributed by atoms with van der Waals surface area (Å²) < 4.78 is 10.5. The third-order valence-corrected chi connectivity index (χ3v) is 3.90. The normalized spacial score (nSPS) is 11.8. The van der Waals surface area contributed by atoms with Gasteiger partial charge in [0.25, 0.3) is 5.91 Å². The maximum atomic E-state index is 12.7. The summed E-state index contributed by atoms with van der Waals surface area (Å²) in [6.45, 7) is 0. The van der Waals surface area contributed by atoms with E-state index in [-0.39, 0.29) is 11.6 Å². The lowest BCUT2D eigenvalue weighted by Gasteiger charge is -2.18. The lowest BCUT2D eigenvalue weighted by molar-refractivity contribution is 0.0933. The van der Waals surface area contributed by atoms with Crippen LogP contribution in [0.4, 0.5) is 0 Å². The number of benzene rings is 1. The van der Waals surface area contributed by atoms with Crippen LogP contribution in [0.2, 0.25) is 0 Å². The number of rotatable bonds is 5. The van der Waals surface area contributed by atoms with Crippen molar-refractivity contribution < 1.29 is 13.7 Å². The number of hydrogen-bond acceptors (Lipinski definition) is 5. The number of pyridine rings is 1. The van der Waals surface area contributed by atoms with Gasteiger partial charge in [0.05, 0.1) is 18.0 Å². The van der Waals surface area contributed by atoms with Crippen molar-refractivity contribution in [3.63, 3.8) is 0 Å². The van der Waals surface area contributed by atoms with Crippen LogP contribution in [0, 0.1) is 0 Å². The lowest BCUT2D eigenvalue weighted by atomic mass is 10.0. The zero-order valence-electron chi connectivity index (χ0n) is 13.7. The second-order valence-corrected chi connectivity index (χ2v) is 5.63. The lowest BCUT2D eigenvalue weighted by Crippen LogP contribution is -2.30. The Morgan fingerprint density at radius 1 is 0.962 bits per heavy atom. The van der Waals surface area contributed by atoms with Crippen molar-refractivity contribution in [3.05, 3.63) is 96.1 Å². The monoisotopic (exact) mass is 345 g/mol. The Kier molecular flexibility index (Phi) is 4.30. The SMILES string of the molecule is O=C(N[C@@H](c1ccccc1)c1ccccn1)c1cc(-c2ccco2)on1. The summed E-state index contributed by atoms with van der Waals surface area (Å²) >= 11 is 0. The standard InChI is InChI=1S/C20H15N3O3/c24-20(16-13-18(26-23-16)17-10-6-12-25-17)22-19(14-7-2-1-3-8-14)15-9-4-5-11-21-15/h1-13,19H,(H,22,24)/t19-/m0/s1. The summed E-state index contributed by atoms with van der Waals surface area (Å²) in [6.07, 6.45) is 3.23. The number of carbonyl (C=O) groups excluding carboxylic acids is 1. The Bertz CT molecular complexity index is 940. The van der Waals surface area contributed by atoms with Gasteiger partial charge >= 0.3 is 0 Å². The molecule has 0 aliphatic heterocycles. The predicted octanol–water partition coefficient (Wildman–Crippen LogP) is 3.85. The van der Waals surface area contributed by atoms with E-state index in [4.69, 9.17) is 8.94 Å². The minimum atomic E-state index is -0.395. The van der Waals surface area contributed by atoms with Gasteiger partial charge in [-0.05, 0) is 29.8 Å². The van der Waals surface area contributed by atoms with Crippen molar-refractivity contribution in [1.29, 1.82) is 0 Å². The van der Waals surface area contributed by atoms with Crippen LogP contribution in [-0.2, 0) is 0 Å². The van der Waals surface area contributed by atoms with E-state index in [0.717, 1.165) is 11.3 Å². The molecule has 1 atom stereocenters. The molecule has 0 saturated carbocycles. The molecule has 0 aliphatic carbocycles. The third kappa shape index (κ3) is 3.25. The Hall–Kier alpha value is -3.67. The highest BCUT2D eigenvalue weighted by Crippen LogP contribution is 2.23. The van der Waals surface area contributed by atoms with E-state index in [1.165, 1.54) is 6.26 Å². The van der Waals surface area contributed by atoms with Crippen LogP contribution in [0.1, 0.15) is 27.8 Å². The van der Waals surface area contributed by atoms with E-state index in [1.54, 1.807) is 24.4 Å². The molecule has 6 nitrogen and oxygen atoms in total. The average Bonchev–Trinajstić information content (AvgIpc) is 3.39. The molecule has 3 heterocycles. The van der Waals surface area contributed by atoms with Crippen LogP contribution in [0.15, 0.2) is 88.1 Å². The van der Waals surface area contributed by atoms with Crippen LogP contribution < -0.4 is 5.32 Å². The molecule has 4 aromatic rings. The van der Waals surface area contributed by atoms with E-state index < -0.39 is 6.04 Å². The highest BCUT2D eigenvalue weighted by Gasteiger charge is 2.21. The Morgan fingerprint density at radius 2 is 1.81 bits per heavy atom. The maximum absolute atomic E-state index is 12.7. The average molecular weight is 345 g/mol. The number of nitrogens with zero attached hydrogens (tertiary/aromatic N) is 2. The van der Waals surface area contributed by atoms with E-state index in [1.807, 2.05) is 48.5 Å². The molecule has 26 heavy (non-hydrogen) atoms. The van der Waals surface area contributed by atoms with Crippen molar-refractivity contribution in [2.24, 2.45) is 0 Å². The largest absolute Gasteiger partial charge is 0.461 e. The van der Waals surface area contributed by atoms with Gasteiger partial charge in [-0.2, -0.15) is 0 Å². The van der Waals surface area contributed by atoms with Gasteiger partial charge in [-0.25, -0.2) is 0 Å². The highest BCUT2D eigenvalue weighted by atomic mass is 16.5. The van der Waals surface area contributed by atoms with Gasteiger partial charge in [-0.3, -0.25) is 9.78 Å². The van der Waals surface area contributed by atoms with Crippen LogP contribution in [0.25, 0.3) is 11.5 Å². The molecule has 1 aromatic carbocycles. The summed E-state index contributed by atoms with van der Waals surface area (Å²) in [7, 11) is 0. The molecule has 128 valence electrons. The fraction of sp³-hybridized carbons (Fsp3) is 0.0500. The minimum absolute atomic E-state index is 0.174. The minimum Gasteiger partial charge on any atom is -0.461 e. The predicted molar refractivity (Wildman–Crippen MR) is 94.2 cm³/mol.